The summed E-state index contributed by atoms with van der Waals surface area (Å²) >= 11 is 0. The Hall–Kier alpha value is -2.82. The van der Waals surface area contributed by atoms with E-state index < -0.39 is 12.6 Å². The van der Waals surface area contributed by atoms with Crippen LogP contribution in [0.5, 0.6) is 0 Å². The van der Waals surface area contributed by atoms with Crippen molar-refractivity contribution in [3.63, 3.8) is 0 Å². The number of rotatable bonds is 4. The summed E-state index contributed by atoms with van der Waals surface area (Å²) in [6.07, 6.45) is -0.0287. The summed E-state index contributed by atoms with van der Waals surface area (Å²) < 4.78 is 40.6. The van der Waals surface area contributed by atoms with E-state index in [1.54, 1.807) is 23.9 Å². The minimum Gasteiger partial charge on any atom is -0.349 e. The third-order valence-corrected chi connectivity index (χ3v) is 4.27. The Labute approximate surface area is 149 Å². The van der Waals surface area contributed by atoms with Gasteiger partial charge in [-0.3, -0.25) is 4.79 Å². The predicted octanol–water partition coefficient (Wildman–Crippen LogP) is 5.66. The fourth-order valence-electron chi connectivity index (χ4n) is 3.17. The summed E-state index contributed by atoms with van der Waals surface area (Å²) in [6, 6.07) is 12.8. The van der Waals surface area contributed by atoms with Crippen molar-refractivity contribution in [3.05, 3.63) is 70.9 Å². The molecule has 0 aliphatic rings. The van der Waals surface area contributed by atoms with Crippen molar-refractivity contribution in [3.8, 4) is 0 Å². The number of Topliss-reactive ketones (excluding diaryl/α,β-unsaturated/α-hetero) is 1. The lowest BCUT2D eigenvalue weighted by atomic mass is 9.98. The van der Waals surface area contributed by atoms with Gasteiger partial charge in [-0.2, -0.15) is 13.2 Å². The zero-order chi connectivity index (χ0) is 18.9. The van der Waals surface area contributed by atoms with E-state index in [2.05, 4.69) is 0 Å². The fraction of sp³-hybridized carbons (Fsp3) is 0.190. The highest BCUT2D eigenvalue weighted by Gasteiger charge is 2.30. The molecule has 1 heterocycles. The molecule has 0 unspecified atom stereocenters. The van der Waals surface area contributed by atoms with Crippen LogP contribution in [0.3, 0.4) is 0 Å². The van der Waals surface area contributed by atoms with E-state index in [-0.39, 0.29) is 11.3 Å². The predicted molar refractivity (Wildman–Crippen MR) is 98.1 cm³/mol. The van der Waals surface area contributed by atoms with E-state index in [1.807, 2.05) is 42.5 Å². The van der Waals surface area contributed by atoms with E-state index in [1.165, 1.54) is 13.0 Å². The number of ketones is 1. The Morgan fingerprint density at radius 2 is 1.77 bits per heavy atom. The van der Waals surface area contributed by atoms with E-state index in [4.69, 9.17) is 0 Å². The lowest BCUT2D eigenvalue weighted by Crippen LogP contribution is -2.12. The number of carbonyl (C=O) groups excluding carboxylic acids is 1. The van der Waals surface area contributed by atoms with Crippen LogP contribution in [-0.2, 0) is 13.5 Å². The van der Waals surface area contributed by atoms with Gasteiger partial charge >= 0.3 is 6.18 Å². The number of nitrogens with zero attached hydrogens (tertiary/aromatic N) is 1. The van der Waals surface area contributed by atoms with Crippen LogP contribution in [0.2, 0.25) is 0 Å². The second-order valence-electron chi connectivity index (χ2n) is 6.28. The zero-order valence-electron chi connectivity index (χ0n) is 14.5. The molecule has 2 aromatic carbocycles. The van der Waals surface area contributed by atoms with Gasteiger partial charge in [0.15, 0.2) is 5.78 Å². The number of hydrogen-bond donors (Lipinski definition) is 0. The molecule has 3 aromatic rings. The van der Waals surface area contributed by atoms with Crippen LogP contribution in [0.4, 0.5) is 13.2 Å². The van der Waals surface area contributed by atoms with Gasteiger partial charge in [0.05, 0.1) is 11.9 Å². The van der Waals surface area contributed by atoms with Gasteiger partial charge in [-0.1, -0.05) is 54.6 Å². The maximum atomic E-state index is 13.0. The van der Waals surface area contributed by atoms with Gasteiger partial charge in [0.25, 0.3) is 0 Å². The average molecular weight is 357 g/mol. The molecule has 0 amide bonds. The molecule has 0 atom stereocenters. The standard InChI is InChI=1S/C21H18F3NO/c1-14(26)18-13-25(2)20-16(9-8-15-6-4-3-5-7-15)10-11-17(19(18)20)12-21(22,23)24/h3-11,13H,12H2,1-2H3/b9-8+. The average Bonchev–Trinajstić information content (AvgIpc) is 2.93. The van der Waals surface area contributed by atoms with Gasteiger partial charge in [0, 0.05) is 24.2 Å². The largest absolute Gasteiger partial charge is 0.393 e. The Morgan fingerprint density at radius 3 is 2.38 bits per heavy atom. The highest BCUT2D eigenvalue weighted by Crippen LogP contribution is 2.33. The molecule has 1 aromatic heterocycles. The zero-order valence-corrected chi connectivity index (χ0v) is 14.5. The number of halogens is 3. The van der Waals surface area contributed by atoms with Crippen molar-refractivity contribution in [2.45, 2.75) is 19.5 Å². The number of benzene rings is 2. The lowest BCUT2D eigenvalue weighted by Gasteiger charge is -2.11. The van der Waals surface area contributed by atoms with E-state index >= 15 is 0 Å². The van der Waals surface area contributed by atoms with E-state index in [0.29, 0.717) is 16.5 Å². The molecule has 3 rings (SSSR count). The van der Waals surface area contributed by atoms with Crippen molar-refractivity contribution in [1.29, 1.82) is 0 Å². The molecule has 0 saturated heterocycles. The first kappa shape index (κ1) is 18.0. The maximum absolute atomic E-state index is 13.0. The first-order valence-electron chi connectivity index (χ1n) is 8.18. The van der Waals surface area contributed by atoms with Gasteiger partial charge in [0.2, 0.25) is 0 Å². The summed E-state index contributed by atoms with van der Waals surface area (Å²) in [5, 5.41) is 0.382. The van der Waals surface area contributed by atoms with Gasteiger partial charge in [-0.15, -0.1) is 0 Å². The Morgan fingerprint density at radius 1 is 1.08 bits per heavy atom. The van der Waals surface area contributed by atoms with E-state index in [9.17, 15) is 18.0 Å². The molecular weight excluding hydrogens is 339 g/mol. The fourth-order valence-corrected chi connectivity index (χ4v) is 3.17. The monoisotopic (exact) mass is 357 g/mol. The normalized spacial score (nSPS) is 12.2. The minimum absolute atomic E-state index is 0.121. The second-order valence-corrected chi connectivity index (χ2v) is 6.28. The molecule has 5 heteroatoms. The Bertz CT molecular complexity index is 982. The van der Waals surface area contributed by atoms with Gasteiger partial charge in [-0.25, -0.2) is 0 Å². The van der Waals surface area contributed by atoms with Crippen molar-refractivity contribution in [2.24, 2.45) is 7.05 Å². The third kappa shape index (κ3) is 3.72. The topological polar surface area (TPSA) is 22.0 Å². The van der Waals surface area contributed by atoms with Crippen LogP contribution in [-0.4, -0.2) is 16.5 Å². The summed E-state index contributed by atoms with van der Waals surface area (Å²) in [5.74, 6) is -0.247. The van der Waals surface area contributed by atoms with Crippen LogP contribution in [0.1, 0.15) is 34.0 Å². The molecule has 0 fully saturated rings. The summed E-state index contributed by atoms with van der Waals surface area (Å²) in [4.78, 5) is 12.0. The number of fused-ring (bicyclic) bond motifs is 1. The van der Waals surface area contributed by atoms with Crippen LogP contribution < -0.4 is 0 Å². The molecule has 0 aliphatic heterocycles. The van der Waals surface area contributed by atoms with Crippen molar-refractivity contribution in [1.82, 2.24) is 4.57 Å². The molecular formula is C21H18F3NO. The Balaban J connectivity index is 2.19. The van der Waals surface area contributed by atoms with Crippen LogP contribution >= 0.6 is 0 Å². The highest BCUT2D eigenvalue weighted by atomic mass is 19.4. The smallest absolute Gasteiger partial charge is 0.349 e. The second kappa shape index (κ2) is 6.83. The molecule has 134 valence electrons. The van der Waals surface area contributed by atoms with Gasteiger partial charge in [-0.05, 0) is 23.6 Å². The van der Waals surface area contributed by atoms with Crippen LogP contribution in [0.15, 0.2) is 48.7 Å². The highest BCUT2D eigenvalue weighted by molar-refractivity contribution is 6.10. The van der Waals surface area contributed by atoms with Gasteiger partial charge < -0.3 is 4.57 Å². The molecule has 0 spiro atoms. The van der Waals surface area contributed by atoms with Crippen molar-refractivity contribution >= 4 is 28.8 Å². The molecule has 0 N–H and O–H groups in total. The number of hydrogen-bond acceptors (Lipinski definition) is 1. The van der Waals surface area contributed by atoms with Crippen molar-refractivity contribution in [2.75, 3.05) is 0 Å². The number of aryl methyl sites for hydroxylation is 1. The van der Waals surface area contributed by atoms with Gasteiger partial charge in [0.1, 0.15) is 0 Å². The Kier molecular flexibility index (Phi) is 4.72. The quantitative estimate of drug-likeness (QED) is 0.436. The summed E-state index contributed by atoms with van der Waals surface area (Å²) in [7, 11) is 1.74. The summed E-state index contributed by atoms with van der Waals surface area (Å²) in [6.45, 7) is 1.37. The molecule has 0 radical (unpaired) electrons. The summed E-state index contributed by atoms with van der Waals surface area (Å²) in [5.41, 5.74) is 2.82. The minimum atomic E-state index is -4.34. The maximum Gasteiger partial charge on any atom is 0.393 e. The molecule has 0 bridgehead atoms. The SMILES string of the molecule is CC(=O)c1cn(C)c2c(/C=C/c3ccccc3)ccc(CC(F)(F)F)c12. The van der Waals surface area contributed by atoms with E-state index in [0.717, 1.165) is 11.1 Å². The number of aromatic nitrogens is 1. The molecule has 2 nitrogen and oxygen atoms in total. The van der Waals surface area contributed by atoms with Crippen LogP contribution in [0.25, 0.3) is 23.1 Å². The molecule has 26 heavy (non-hydrogen) atoms. The van der Waals surface area contributed by atoms with Crippen molar-refractivity contribution < 1.29 is 18.0 Å². The number of carbonyl (C=O) groups is 1. The lowest BCUT2D eigenvalue weighted by molar-refractivity contribution is -0.127. The number of alkyl halides is 3. The molecule has 0 saturated carbocycles. The third-order valence-electron chi connectivity index (χ3n) is 4.27. The first-order chi connectivity index (χ1) is 12.3. The first-order valence-corrected chi connectivity index (χ1v) is 8.18. The van der Waals surface area contributed by atoms with Crippen LogP contribution in [0, 0.1) is 0 Å². The molecule has 0 aliphatic carbocycles.